The van der Waals surface area contributed by atoms with Crippen molar-refractivity contribution in [1.82, 2.24) is 4.98 Å². The molecule has 11 heteroatoms. The van der Waals surface area contributed by atoms with Crippen molar-refractivity contribution >= 4 is 49.8 Å². The molecule has 5 rings (SSSR count). The lowest BCUT2D eigenvalue weighted by Crippen LogP contribution is -2.29. The predicted octanol–water partition coefficient (Wildman–Crippen LogP) is 6.41. The number of aromatic nitrogens is 1. The van der Waals surface area contributed by atoms with Gasteiger partial charge in [-0.2, -0.15) is 0 Å². The van der Waals surface area contributed by atoms with Gasteiger partial charge in [0.25, 0.3) is 11.5 Å². The molecule has 0 radical (unpaired) electrons. The number of ketones is 1. The second-order valence-electron chi connectivity index (χ2n) is 9.31. The Morgan fingerprint density at radius 1 is 1.05 bits per heavy atom. The zero-order valence-electron chi connectivity index (χ0n) is 22.4. The van der Waals surface area contributed by atoms with Gasteiger partial charge in [-0.1, -0.05) is 48.9 Å². The average Bonchev–Trinajstić information content (AvgIpc) is 3.50. The van der Waals surface area contributed by atoms with E-state index in [0.29, 0.717) is 30.2 Å². The number of unbranched alkanes of at least 4 members (excludes halogenated alkanes) is 1. The van der Waals surface area contributed by atoms with Crippen LogP contribution in [-0.2, 0) is 9.59 Å². The van der Waals surface area contributed by atoms with E-state index in [-0.39, 0.29) is 27.5 Å². The number of rotatable bonds is 10. The lowest BCUT2D eigenvalue weighted by atomic mass is 9.95. The van der Waals surface area contributed by atoms with Crippen LogP contribution in [0.25, 0.3) is 16.0 Å². The molecule has 3 aromatic carbocycles. The third kappa shape index (κ3) is 5.48. The molecule has 1 aromatic heterocycles. The number of fused-ring (bicyclic) bond motifs is 1. The van der Waals surface area contributed by atoms with E-state index in [1.165, 1.54) is 34.4 Å². The van der Waals surface area contributed by atoms with Gasteiger partial charge in [0.2, 0.25) is 0 Å². The fourth-order valence-corrected chi connectivity index (χ4v) is 5.65. The van der Waals surface area contributed by atoms with Crippen molar-refractivity contribution in [1.29, 1.82) is 0 Å². The monoisotopic (exact) mass is 573 g/mol. The largest absolute Gasteiger partial charge is 0.507 e. The molecule has 1 amide bonds. The molecule has 2 heterocycles. The fourth-order valence-electron chi connectivity index (χ4n) is 4.63. The maximum absolute atomic E-state index is 13.6. The van der Waals surface area contributed by atoms with Crippen LogP contribution in [-0.4, -0.2) is 39.9 Å². The van der Waals surface area contributed by atoms with Gasteiger partial charge in [-0.05, 0) is 49.2 Å². The van der Waals surface area contributed by atoms with Crippen LogP contribution in [0.15, 0.2) is 72.3 Å². The van der Waals surface area contributed by atoms with Crippen LogP contribution < -0.4 is 14.4 Å². The maximum atomic E-state index is 13.6. The number of anilines is 1. The number of benzene rings is 3. The number of thiazole rings is 1. The smallest absolute Gasteiger partial charge is 0.301 e. The fraction of sp³-hybridized carbons (Fsp3) is 0.233. The molecule has 0 aliphatic carbocycles. The molecular formula is C30H27N3O7S. The number of hydrogen-bond acceptors (Lipinski definition) is 9. The summed E-state index contributed by atoms with van der Waals surface area (Å²) in [7, 11) is 0. The third-order valence-corrected chi connectivity index (χ3v) is 7.60. The highest BCUT2D eigenvalue weighted by atomic mass is 32.1. The molecule has 210 valence electrons. The van der Waals surface area contributed by atoms with Crippen molar-refractivity contribution in [2.24, 2.45) is 0 Å². The second kappa shape index (κ2) is 11.8. The Morgan fingerprint density at radius 2 is 1.83 bits per heavy atom. The highest BCUT2D eigenvalue weighted by Crippen LogP contribution is 2.45. The summed E-state index contributed by atoms with van der Waals surface area (Å²) in [5.41, 5.74) is 0.730. The molecule has 10 nitrogen and oxygen atoms in total. The topological polar surface area (TPSA) is 132 Å². The van der Waals surface area contributed by atoms with Gasteiger partial charge < -0.3 is 14.6 Å². The Bertz CT molecular complexity index is 1680. The number of aliphatic hydroxyl groups is 1. The number of aliphatic hydroxyl groups excluding tert-OH is 1. The van der Waals surface area contributed by atoms with Crippen LogP contribution in [0, 0.1) is 10.1 Å². The molecule has 41 heavy (non-hydrogen) atoms. The van der Waals surface area contributed by atoms with E-state index in [4.69, 9.17) is 9.47 Å². The number of nitro benzene ring substituents is 1. The summed E-state index contributed by atoms with van der Waals surface area (Å²) in [5, 5.41) is 23.3. The standard InChI is InChI=1S/C30H27N3O7S/c1-3-5-14-40-21-11-7-9-19(16-21)27(34)25-26(18-8-6-10-20(15-18)33(37)38)32(29(36)28(25)35)30-31-23-13-12-22(39-4-2)17-24(23)41-30/h6-13,15-17,26,34H,3-5,14H2,1-2H3/b27-25+. The summed E-state index contributed by atoms with van der Waals surface area (Å²) >= 11 is 1.18. The van der Waals surface area contributed by atoms with Gasteiger partial charge in [-0.3, -0.25) is 24.6 Å². The van der Waals surface area contributed by atoms with Crippen LogP contribution in [0.2, 0.25) is 0 Å². The van der Waals surface area contributed by atoms with Gasteiger partial charge in [0.1, 0.15) is 17.3 Å². The number of carbonyl (C=O) groups is 2. The number of hydrogen-bond donors (Lipinski definition) is 1. The van der Waals surface area contributed by atoms with E-state index in [2.05, 4.69) is 4.98 Å². The van der Waals surface area contributed by atoms with Crippen molar-refractivity contribution in [3.05, 3.63) is 93.5 Å². The van der Waals surface area contributed by atoms with Crippen LogP contribution in [0.1, 0.15) is 43.9 Å². The van der Waals surface area contributed by atoms with E-state index in [9.17, 15) is 24.8 Å². The molecule has 0 saturated carbocycles. The second-order valence-corrected chi connectivity index (χ2v) is 10.3. The van der Waals surface area contributed by atoms with Crippen molar-refractivity contribution in [2.45, 2.75) is 32.7 Å². The number of nitrogens with zero attached hydrogens (tertiary/aromatic N) is 3. The van der Waals surface area contributed by atoms with Crippen molar-refractivity contribution < 1.29 is 29.1 Å². The van der Waals surface area contributed by atoms with E-state index >= 15 is 0 Å². The summed E-state index contributed by atoms with van der Waals surface area (Å²) in [6.07, 6.45) is 1.80. The van der Waals surface area contributed by atoms with Gasteiger partial charge in [-0.15, -0.1) is 0 Å². The van der Waals surface area contributed by atoms with E-state index < -0.39 is 28.4 Å². The predicted molar refractivity (Wildman–Crippen MR) is 156 cm³/mol. The highest BCUT2D eigenvalue weighted by Gasteiger charge is 2.48. The van der Waals surface area contributed by atoms with E-state index in [1.807, 2.05) is 13.8 Å². The van der Waals surface area contributed by atoms with Gasteiger partial charge in [-0.25, -0.2) is 4.98 Å². The first-order valence-electron chi connectivity index (χ1n) is 13.1. The number of Topliss-reactive ketones (excluding diaryl/α,β-unsaturated/α-hetero) is 1. The lowest BCUT2D eigenvalue weighted by Gasteiger charge is -2.22. The normalized spacial score (nSPS) is 16.3. The average molecular weight is 574 g/mol. The Balaban J connectivity index is 1.66. The summed E-state index contributed by atoms with van der Waals surface area (Å²) in [4.78, 5) is 43.9. The number of amides is 1. The Labute approximate surface area is 239 Å². The Morgan fingerprint density at radius 3 is 2.59 bits per heavy atom. The summed E-state index contributed by atoms with van der Waals surface area (Å²) in [5.74, 6) is -1.11. The minimum Gasteiger partial charge on any atom is -0.507 e. The lowest BCUT2D eigenvalue weighted by molar-refractivity contribution is -0.384. The quantitative estimate of drug-likeness (QED) is 0.0575. The van der Waals surface area contributed by atoms with Crippen LogP contribution >= 0.6 is 11.3 Å². The Hall–Kier alpha value is -4.77. The number of carbonyl (C=O) groups excluding carboxylic acids is 2. The molecule has 1 aliphatic rings. The van der Waals surface area contributed by atoms with Gasteiger partial charge >= 0.3 is 5.91 Å². The Kier molecular flexibility index (Phi) is 7.97. The first kappa shape index (κ1) is 27.8. The maximum Gasteiger partial charge on any atom is 0.301 e. The van der Waals surface area contributed by atoms with Crippen LogP contribution in [0.4, 0.5) is 10.8 Å². The minimum atomic E-state index is -1.16. The summed E-state index contributed by atoms with van der Waals surface area (Å²) in [6, 6.07) is 16.4. The molecule has 4 aromatic rings. The van der Waals surface area contributed by atoms with Crippen molar-refractivity contribution in [3.63, 3.8) is 0 Å². The molecule has 1 saturated heterocycles. The van der Waals surface area contributed by atoms with Gasteiger partial charge in [0.05, 0.1) is 40.0 Å². The molecule has 1 aliphatic heterocycles. The molecular weight excluding hydrogens is 546 g/mol. The van der Waals surface area contributed by atoms with E-state index in [0.717, 1.165) is 17.5 Å². The van der Waals surface area contributed by atoms with Gasteiger partial charge in [0.15, 0.2) is 5.13 Å². The van der Waals surface area contributed by atoms with Gasteiger partial charge in [0, 0.05) is 17.7 Å². The molecule has 1 fully saturated rings. The van der Waals surface area contributed by atoms with Crippen molar-refractivity contribution in [2.75, 3.05) is 18.1 Å². The molecule has 1 atom stereocenters. The summed E-state index contributed by atoms with van der Waals surface area (Å²) in [6.45, 7) is 4.88. The first-order chi connectivity index (χ1) is 19.8. The van der Waals surface area contributed by atoms with Crippen LogP contribution in [0.5, 0.6) is 11.5 Å². The zero-order valence-corrected chi connectivity index (χ0v) is 23.2. The third-order valence-electron chi connectivity index (χ3n) is 6.58. The van der Waals surface area contributed by atoms with Crippen LogP contribution in [0.3, 0.4) is 0 Å². The summed E-state index contributed by atoms with van der Waals surface area (Å²) < 4.78 is 12.1. The number of ether oxygens (including phenoxy) is 2. The molecule has 0 bridgehead atoms. The first-order valence-corrected chi connectivity index (χ1v) is 14.0. The molecule has 0 spiro atoms. The molecule has 1 unspecified atom stereocenters. The SMILES string of the molecule is CCCCOc1cccc(/C(O)=C2\C(=O)C(=O)N(c3nc4ccc(OCC)cc4s3)C2c2cccc([N+](=O)[O-])c2)c1. The minimum absolute atomic E-state index is 0.199. The van der Waals surface area contributed by atoms with Crippen molar-refractivity contribution in [3.8, 4) is 11.5 Å². The highest BCUT2D eigenvalue weighted by molar-refractivity contribution is 7.22. The zero-order chi connectivity index (χ0) is 29.1. The molecule has 1 N–H and O–H groups in total. The van der Waals surface area contributed by atoms with E-state index in [1.54, 1.807) is 48.5 Å². The number of non-ortho nitro benzene ring substituents is 1. The number of nitro groups is 1.